The fourth-order valence-electron chi connectivity index (χ4n) is 0.925. The van der Waals surface area contributed by atoms with Crippen LogP contribution in [0.5, 0.6) is 0 Å². The lowest BCUT2D eigenvalue weighted by Crippen LogP contribution is -2.13. The van der Waals surface area contributed by atoms with E-state index in [1.54, 1.807) is 0 Å². The number of halogens is 2. The first-order chi connectivity index (χ1) is 7.04. The van der Waals surface area contributed by atoms with Crippen LogP contribution in [0.25, 0.3) is 0 Å². The molecule has 1 rings (SSSR count). The quantitative estimate of drug-likeness (QED) is 0.616. The molecule has 0 spiro atoms. The van der Waals surface area contributed by atoms with Gasteiger partial charge in [-0.25, -0.2) is 4.39 Å². The minimum absolute atomic E-state index is 0.0225. The molecule has 0 heterocycles. The molecule has 0 aliphatic heterocycles. The zero-order valence-corrected chi connectivity index (χ0v) is 7.37. The van der Waals surface area contributed by atoms with Crippen LogP contribution in [0.4, 0.5) is 20.2 Å². The molecule has 80 valence electrons. The van der Waals surface area contributed by atoms with E-state index in [2.05, 4.69) is 0 Å². The number of carbonyl (C=O) groups excluding carboxylic acids is 1. The van der Waals surface area contributed by atoms with E-state index < -0.39 is 29.0 Å². The number of amides is 1. The van der Waals surface area contributed by atoms with E-state index >= 15 is 0 Å². The van der Waals surface area contributed by atoms with Gasteiger partial charge in [0.05, 0.1) is 4.92 Å². The van der Waals surface area contributed by atoms with E-state index in [4.69, 9.17) is 0 Å². The summed E-state index contributed by atoms with van der Waals surface area (Å²) in [6.45, 7) is -1.24. The molecule has 1 aromatic carbocycles. The molecule has 0 aliphatic rings. The Bertz CT molecular complexity index is 409. The molecule has 0 fully saturated rings. The highest BCUT2D eigenvalue weighted by Gasteiger charge is 2.14. The van der Waals surface area contributed by atoms with E-state index in [-0.39, 0.29) is 5.69 Å². The Morgan fingerprint density at radius 1 is 1.53 bits per heavy atom. The Kier molecular flexibility index (Phi) is 3.27. The highest BCUT2D eigenvalue weighted by molar-refractivity contribution is 5.91. The molecular weight excluding hydrogens is 210 g/mol. The molecule has 0 unspecified atom stereocenters. The van der Waals surface area contributed by atoms with Gasteiger partial charge in [-0.2, -0.15) is 4.39 Å². The zero-order chi connectivity index (χ0) is 11.4. The maximum atomic E-state index is 12.8. The van der Waals surface area contributed by atoms with Crippen LogP contribution in [0.2, 0.25) is 0 Å². The van der Waals surface area contributed by atoms with E-state index in [9.17, 15) is 23.7 Å². The lowest BCUT2D eigenvalue weighted by atomic mass is 10.2. The molecule has 15 heavy (non-hydrogen) atoms. The van der Waals surface area contributed by atoms with Crippen LogP contribution in [0.15, 0.2) is 18.2 Å². The van der Waals surface area contributed by atoms with E-state index in [1.807, 2.05) is 5.32 Å². The third-order valence-electron chi connectivity index (χ3n) is 1.55. The summed E-state index contributed by atoms with van der Waals surface area (Å²) in [5.74, 6) is -1.96. The van der Waals surface area contributed by atoms with Gasteiger partial charge in [0.15, 0.2) is 6.67 Å². The Morgan fingerprint density at radius 2 is 2.20 bits per heavy atom. The summed E-state index contributed by atoms with van der Waals surface area (Å²) in [6, 6.07) is 2.75. The van der Waals surface area contributed by atoms with Crippen molar-refractivity contribution in [2.45, 2.75) is 0 Å². The van der Waals surface area contributed by atoms with E-state index in [0.29, 0.717) is 0 Å². The summed E-state index contributed by atoms with van der Waals surface area (Å²) in [4.78, 5) is 20.0. The summed E-state index contributed by atoms with van der Waals surface area (Å²) < 4.78 is 24.6. The van der Waals surface area contributed by atoms with Crippen molar-refractivity contribution in [2.75, 3.05) is 12.0 Å². The molecule has 1 amide bonds. The summed E-state index contributed by atoms with van der Waals surface area (Å²) >= 11 is 0. The van der Waals surface area contributed by atoms with Gasteiger partial charge in [0.1, 0.15) is 0 Å². The minimum atomic E-state index is -1.24. The van der Waals surface area contributed by atoms with Crippen molar-refractivity contribution in [1.29, 1.82) is 0 Å². The number of hydrogen-bond acceptors (Lipinski definition) is 3. The van der Waals surface area contributed by atoms with Gasteiger partial charge in [-0.1, -0.05) is 0 Å². The van der Waals surface area contributed by atoms with Crippen molar-refractivity contribution in [3.8, 4) is 0 Å². The van der Waals surface area contributed by atoms with Crippen LogP contribution in [-0.4, -0.2) is 17.5 Å². The molecule has 0 bridgehead atoms. The molecule has 1 aromatic rings. The predicted octanol–water partition coefficient (Wildman–Crippen LogP) is 1.64. The average molecular weight is 216 g/mol. The standard InChI is InChI=1S/C8H6F2N2O3/c9-4-8(13)11-5-1-2-6(10)7(3-5)12(14)15/h1-3H,4H2,(H,11,13). The first-order valence-electron chi connectivity index (χ1n) is 3.84. The monoisotopic (exact) mass is 216 g/mol. The SMILES string of the molecule is O=C(CF)Nc1ccc(F)c([N+](=O)[O-])c1. The molecule has 1 N–H and O–H groups in total. The van der Waals surface area contributed by atoms with Crippen LogP contribution < -0.4 is 5.32 Å². The number of hydrogen-bond donors (Lipinski definition) is 1. The van der Waals surface area contributed by atoms with Crippen LogP contribution in [-0.2, 0) is 4.79 Å². The number of nitrogens with one attached hydrogen (secondary N) is 1. The summed E-state index contributed by atoms with van der Waals surface area (Å²) in [7, 11) is 0. The summed E-state index contributed by atoms with van der Waals surface area (Å²) in [6.07, 6.45) is 0. The fourth-order valence-corrected chi connectivity index (χ4v) is 0.925. The normalized spacial score (nSPS) is 9.73. The van der Waals surface area contributed by atoms with Crippen molar-refractivity contribution >= 4 is 17.3 Å². The van der Waals surface area contributed by atoms with Crippen LogP contribution >= 0.6 is 0 Å². The molecule has 0 atom stereocenters. The average Bonchev–Trinajstić information content (AvgIpc) is 2.20. The topological polar surface area (TPSA) is 72.2 Å². The van der Waals surface area contributed by atoms with Crippen molar-refractivity contribution in [3.05, 3.63) is 34.1 Å². The zero-order valence-electron chi connectivity index (χ0n) is 7.37. The highest BCUT2D eigenvalue weighted by atomic mass is 19.1. The smallest absolute Gasteiger partial charge is 0.306 e. The Balaban J connectivity index is 2.97. The third-order valence-corrected chi connectivity index (χ3v) is 1.55. The molecule has 0 aliphatic carbocycles. The number of alkyl halides is 1. The summed E-state index contributed by atoms with van der Waals surface area (Å²) in [5, 5.41) is 12.3. The molecule has 0 saturated carbocycles. The second-order valence-electron chi connectivity index (χ2n) is 2.61. The number of rotatable bonds is 3. The van der Waals surface area contributed by atoms with Gasteiger partial charge in [-0.15, -0.1) is 0 Å². The predicted molar refractivity (Wildman–Crippen MR) is 47.7 cm³/mol. The van der Waals surface area contributed by atoms with Crippen molar-refractivity contribution < 1.29 is 18.5 Å². The lowest BCUT2D eigenvalue weighted by molar-refractivity contribution is -0.387. The van der Waals surface area contributed by atoms with Crippen LogP contribution in [0.1, 0.15) is 0 Å². The Labute approximate surface area is 82.9 Å². The van der Waals surface area contributed by atoms with E-state index in [1.165, 1.54) is 0 Å². The number of carbonyl (C=O) groups is 1. The number of nitro benzene ring substituents is 1. The second-order valence-corrected chi connectivity index (χ2v) is 2.61. The Hall–Kier alpha value is -2.05. The van der Waals surface area contributed by atoms with Crippen molar-refractivity contribution in [3.63, 3.8) is 0 Å². The summed E-state index contributed by atoms with van der Waals surface area (Å²) in [5.41, 5.74) is -0.794. The molecule has 5 nitrogen and oxygen atoms in total. The van der Waals surface area contributed by atoms with Gasteiger partial charge >= 0.3 is 5.69 Å². The van der Waals surface area contributed by atoms with Crippen LogP contribution in [0.3, 0.4) is 0 Å². The molecule has 7 heteroatoms. The largest absolute Gasteiger partial charge is 0.324 e. The lowest BCUT2D eigenvalue weighted by Gasteiger charge is -2.02. The Morgan fingerprint density at radius 3 is 2.73 bits per heavy atom. The minimum Gasteiger partial charge on any atom is -0.324 e. The van der Waals surface area contributed by atoms with Gasteiger partial charge < -0.3 is 5.32 Å². The van der Waals surface area contributed by atoms with Crippen molar-refractivity contribution in [2.24, 2.45) is 0 Å². The van der Waals surface area contributed by atoms with Gasteiger partial charge in [0.2, 0.25) is 5.82 Å². The van der Waals surface area contributed by atoms with Gasteiger partial charge in [0, 0.05) is 11.8 Å². The maximum Gasteiger partial charge on any atom is 0.306 e. The third kappa shape index (κ3) is 2.70. The molecule has 0 radical (unpaired) electrons. The van der Waals surface area contributed by atoms with Gasteiger partial charge in [0.25, 0.3) is 5.91 Å². The molecular formula is C8H6F2N2O3. The number of nitrogens with zero attached hydrogens (tertiary/aromatic N) is 1. The number of anilines is 1. The second kappa shape index (κ2) is 4.45. The maximum absolute atomic E-state index is 12.8. The van der Waals surface area contributed by atoms with Crippen molar-refractivity contribution in [1.82, 2.24) is 0 Å². The van der Waals surface area contributed by atoms with Crippen LogP contribution in [0, 0.1) is 15.9 Å². The highest BCUT2D eigenvalue weighted by Crippen LogP contribution is 2.21. The first kappa shape index (κ1) is 11.0. The van der Waals surface area contributed by atoms with Gasteiger partial charge in [-0.3, -0.25) is 14.9 Å². The molecule has 0 saturated heterocycles. The number of benzene rings is 1. The van der Waals surface area contributed by atoms with E-state index in [0.717, 1.165) is 18.2 Å². The number of nitro groups is 1. The molecule has 0 aromatic heterocycles. The first-order valence-corrected chi connectivity index (χ1v) is 3.84. The van der Waals surface area contributed by atoms with Gasteiger partial charge in [-0.05, 0) is 12.1 Å². The fraction of sp³-hybridized carbons (Fsp3) is 0.125.